The molecule has 0 fully saturated rings. The molecule has 3 aromatic rings. The lowest BCUT2D eigenvalue weighted by molar-refractivity contribution is -0.122. The van der Waals surface area contributed by atoms with Gasteiger partial charge in [-0.2, -0.15) is 0 Å². The molecular formula is C22H16N4O3. The van der Waals surface area contributed by atoms with Gasteiger partial charge in [-0.3, -0.25) is 14.6 Å². The molecule has 29 heavy (non-hydrogen) atoms. The normalized spacial score (nSPS) is 14.4. The molecule has 0 aliphatic carbocycles. The van der Waals surface area contributed by atoms with Gasteiger partial charge in [-0.25, -0.2) is 4.90 Å². The number of hydrogen-bond acceptors (Lipinski definition) is 6. The van der Waals surface area contributed by atoms with Crippen molar-refractivity contribution in [3.05, 3.63) is 89.1 Å². The molecule has 1 N–H and O–H groups in total. The number of carbonyl (C=O) groups excluding carboxylic acids is 2. The summed E-state index contributed by atoms with van der Waals surface area (Å²) in [5.74, 6) is -0.908. The minimum atomic E-state index is -0.467. The number of pyridine rings is 1. The molecule has 2 amide bonds. The fourth-order valence-corrected chi connectivity index (χ4v) is 3.33. The van der Waals surface area contributed by atoms with Crippen LogP contribution in [0.1, 0.15) is 18.1 Å². The second-order valence-corrected chi connectivity index (χ2v) is 6.44. The Morgan fingerprint density at radius 3 is 2.52 bits per heavy atom. The maximum absolute atomic E-state index is 13.3. The predicted molar refractivity (Wildman–Crippen MR) is 111 cm³/mol. The highest BCUT2D eigenvalue weighted by Gasteiger charge is 2.37. The van der Waals surface area contributed by atoms with Crippen molar-refractivity contribution >= 4 is 40.1 Å². The Morgan fingerprint density at radius 1 is 1.07 bits per heavy atom. The summed E-state index contributed by atoms with van der Waals surface area (Å²) in [5.41, 5.74) is 3.38. The van der Waals surface area contributed by atoms with E-state index < -0.39 is 11.8 Å². The fourth-order valence-electron chi connectivity index (χ4n) is 3.33. The van der Waals surface area contributed by atoms with Crippen LogP contribution in [0, 0.1) is 4.91 Å². The Bertz CT molecular complexity index is 1140. The lowest BCUT2D eigenvalue weighted by Gasteiger charge is -2.15. The molecule has 2 aromatic carbocycles. The van der Waals surface area contributed by atoms with Crippen LogP contribution in [0.3, 0.4) is 0 Å². The topological polar surface area (TPSA) is 91.7 Å². The Balaban J connectivity index is 1.98. The first-order chi connectivity index (χ1) is 14.1. The molecule has 4 rings (SSSR count). The first-order valence-corrected chi connectivity index (χ1v) is 8.89. The van der Waals surface area contributed by atoms with Crippen molar-refractivity contribution in [2.45, 2.75) is 6.92 Å². The Kier molecular flexibility index (Phi) is 4.70. The summed E-state index contributed by atoms with van der Waals surface area (Å²) in [6, 6.07) is 17.6. The van der Waals surface area contributed by atoms with E-state index in [4.69, 9.17) is 0 Å². The van der Waals surface area contributed by atoms with Gasteiger partial charge in [0.2, 0.25) is 5.91 Å². The van der Waals surface area contributed by atoms with Crippen molar-refractivity contribution in [2.75, 3.05) is 10.2 Å². The van der Waals surface area contributed by atoms with E-state index in [0.29, 0.717) is 28.2 Å². The van der Waals surface area contributed by atoms with Crippen LogP contribution in [0.2, 0.25) is 0 Å². The monoisotopic (exact) mass is 384 g/mol. The molecule has 2 heterocycles. The van der Waals surface area contributed by atoms with E-state index in [-0.39, 0.29) is 5.69 Å². The minimum Gasteiger partial charge on any atom is -0.353 e. The molecule has 1 aliphatic heterocycles. The summed E-state index contributed by atoms with van der Waals surface area (Å²) < 4.78 is 0. The van der Waals surface area contributed by atoms with Crippen molar-refractivity contribution in [2.24, 2.45) is 5.18 Å². The maximum Gasteiger partial charge on any atom is 0.267 e. The largest absolute Gasteiger partial charge is 0.353 e. The van der Waals surface area contributed by atoms with Gasteiger partial charge in [0.1, 0.15) is 5.69 Å². The van der Waals surface area contributed by atoms with Crippen LogP contribution in [-0.4, -0.2) is 16.8 Å². The highest BCUT2D eigenvalue weighted by Crippen LogP contribution is 2.42. The van der Waals surface area contributed by atoms with E-state index in [9.17, 15) is 14.5 Å². The average Bonchev–Trinajstić information content (AvgIpc) is 3.04. The molecule has 0 saturated heterocycles. The Hall–Kier alpha value is -4.13. The van der Waals surface area contributed by atoms with Crippen LogP contribution in [0.25, 0.3) is 11.3 Å². The second-order valence-electron chi connectivity index (χ2n) is 6.44. The Labute approximate surface area is 166 Å². The predicted octanol–water partition coefficient (Wildman–Crippen LogP) is 4.35. The third-order valence-corrected chi connectivity index (χ3v) is 4.57. The highest BCUT2D eigenvalue weighted by molar-refractivity contribution is 6.43. The Morgan fingerprint density at radius 2 is 1.86 bits per heavy atom. The van der Waals surface area contributed by atoms with Crippen molar-refractivity contribution in [1.29, 1.82) is 0 Å². The van der Waals surface area contributed by atoms with E-state index in [1.807, 2.05) is 36.4 Å². The van der Waals surface area contributed by atoms with Crippen LogP contribution >= 0.6 is 0 Å². The number of nitrogens with one attached hydrogen (secondary N) is 1. The number of anilines is 2. The zero-order valence-electron chi connectivity index (χ0n) is 15.5. The van der Waals surface area contributed by atoms with Crippen molar-refractivity contribution in [1.82, 2.24) is 4.98 Å². The molecular weight excluding hydrogens is 368 g/mol. The summed E-state index contributed by atoms with van der Waals surface area (Å²) in [6.45, 7) is 1.31. The van der Waals surface area contributed by atoms with Gasteiger partial charge in [0.05, 0.1) is 28.8 Å². The summed E-state index contributed by atoms with van der Waals surface area (Å²) in [6.07, 6.45) is 3.30. The van der Waals surface area contributed by atoms with Gasteiger partial charge in [-0.1, -0.05) is 30.3 Å². The van der Waals surface area contributed by atoms with E-state index in [1.165, 1.54) is 19.1 Å². The number of benzene rings is 2. The molecule has 0 radical (unpaired) electrons. The first kappa shape index (κ1) is 18.2. The smallest absolute Gasteiger partial charge is 0.267 e. The lowest BCUT2D eigenvalue weighted by Crippen LogP contribution is -2.31. The molecule has 1 aliphatic rings. The molecule has 0 spiro atoms. The number of imide groups is 1. The van der Waals surface area contributed by atoms with Crippen LogP contribution in [0.4, 0.5) is 17.1 Å². The van der Waals surface area contributed by atoms with Crippen LogP contribution in [0.5, 0.6) is 0 Å². The average molecular weight is 384 g/mol. The van der Waals surface area contributed by atoms with E-state index in [2.05, 4.69) is 15.5 Å². The fraction of sp³-hybridized carbons (Fsp3) is 0.0455. The van der Waals surface area contributed by atoms with Crippen LogP contribution in [0.15, 0.2) is 78.2 Å². The van der Waals surface area contributed by atoms with Gasteiger partial charge in [-0.15, -0.1) is 4.91 Å². The number of nitrogens with zero attached hydrogens (tertiary/aromatic N) is 3. The van der Waals surface area contributed by atoms with Crippen molar-refractivity contribution in [3.8, 4) is 0 Å². The second kappa shape index (κ2) is 7.47. The molecule has 7 nitrogen and oxygen atoms in total. The maximum atomic E-state index is 13.3. The highest BCUT2D eigenvalue weighted by atomic mass is 16.3. The van der Waals surface area contributed by atoms with Gasteiger partial charge in [0, 0.05) is 18.7 Å². The molecule has 7 heteroatoms. The molecule has 0 unspecified atom stereocenters. The lowest BCUT2D eigenvalue weighted by atomic mass is 10.00. The molecule has 142 valence electrons. The number of nitroso groups, excluding NO2 is 1. The molecule has 1 aromatic heterocycles. The van der Waals surface area contributed by atoms with Gasteiger partial charge in [0.25, 0.3) is 5.91 Å². The van der Waals surface area contributed by atoms with E-state index >= 15 is 0 Å². The van der Waals surface area contributed by atoms with E-state index in [0.717, 1.165) is 10.5 Å². The van der Waals surface area contributed by atoms with Gasteiger partial charge >= 0.3 is 0 Å². The van der Waals surface area contributed by atoms with Crippen molar-refractivity contribution in [3.63, 3.8) is 0 Å². The third kappa shape index (κ3) is 3.29. The number of carbonyl (C=O) groups is 2. The third-order valence-electron chi connectivity index (χ3n) is 4.57. The quantitative estimate of drug-likeness (QED) is 0.533. The standard InChI is InChI=1S/C22H16N4O3/c1-14(27)26-19-12-16(25-29)9-10-18(19)20(22(26)28)21(15-6-3-2-4-7-15)24-17-8-5-11-23-13-17/h2-13,24H,1H3/b21-20-. The van der Waals surface area contributed by atoms with Crippen LogP contribution in [-0.2, 0) is 9.59 Å². The van der Waals surface area contributed by atoms with Gasteiger partial charge in [-0.05, 0) is 41.1 Å². The number of fused-ring (bicyclic) bond motifs is 1. The van der Waals surface area contributed by atoms with Crippen molar-refractivity contribution < 1.29 is 9.59 Å². The number of hydrogen-bond donors (Lipinski definition) is 1. The summed E-state index contributed by atoms with van der Waals surface area (Å²) >= 11 is 0. The number of amides is 2. The zero-order valence-corrected chi connectivity index (χ0v) is 15.5. The summed E-state index contributed by atoms with van der Waals surface area (Å²) in [7, 11) is 0. The molecule has 0 bridgehead atoms. The number of rotatable bonds is 4. The SMILES string of the molecule is CC(=O)N1C(=O)/C(=C(\Nc2cccnc2)c2ccccc2)c2ccc(N=O)cc21. The van der Waals surface area contributed by atoms with Gasteiger partial charge < -0.3 is 5.32 Å². The number of aromatic nitrogens is 1. The molecule has 0 saturated carbocycles. The van der Waals surface area contributed by atoms with E-state index in [1.54, 1.807) is 24.5 Å². The minimum absolute atomic E-state index is 0.144. The zero-order chi connectivity index (χ0) is 20.4. The summed E-state index contributed by atoms with van der Waals surface area (Å²) in [5, 5.41) is 6.19. The molecule has 0 atom stereocenters. The van der Waals surface area contributed by atoms with Gasteiger partial charge in [0.15, 0.2) is 0 Å². The first-order valence-electron chi connectivity index (χ1n) is 8.89. The summed E-state index contributed by atoms with van der Waals surface area (Å²) in [4.78, 5) is 41.7. The van der Waals surface area contributed by atoms with Crippen LogP contribution < -0.4 is 10.2 Å².